The second kappa shape index (κ2) is 6.91. The minimum absolute atomic E-state index is 0.0248. The molecule has 116 valence electrons. The zero-order chi connectivity index (χ0) is 16.2. The Balaban J connectivity index is 2.69. The largest absolute Gasteiger partial charge is 0.478 e. The monoisotopic (exact) mass is 312 g/mol. The molecule has 4 N–H and O–H groups in total. The van der Waals surface area contributed by atoms with Crippen LogP contribution in [0.2, 0.25) is 5.02 Å². The molecule has 1 aromatic carbocycles. The van der Waals surface area contributed by atoms with Gasteiger partial charge in [0.05, 0.1) is 5.56 Å². The van der Waals surface area contributed by atoms with Gasteiger partial charge in [0.2, 0.25) is 5.91 Å². The number of carbonyl (C=O) groups excluding carboxylic acids is 1. The Morgan fingerprint density at radius 1 is 1.33 bits per heavy atom. The number of carbonyl (C=O) groups is 2. The minimum Gasteiger partial charge on any atom is -0.478 e. The summed E-state index contributed by atoms with van der Waals surface area (Å²) in [6.45, 7) is 6.17. The van der Waals surface area contributed by atoms with Crippen molar-refractivity contribution in [1.82, 2.24) is 0 Å². The summed E-state index contributed by atoms with van der Waals surface area (Å²) in [5.74, 6) is -1.36. The Labute approximate surface area is 129 Å². The van der Waals surface area contributed by atoms with Gasteiger partial charge in [0, 0.05) is 23.2 Å². The molecule has 0 fully saturated rings. The fourth-order valence-corrected chi connectivity index (χ4v) is 2.33. The van der Waals surface area contributed by atoms with E-state index in [1.807, 2.05) is 0 Å². The van der Waals surface area contributed by atoms with Gasteiger partial charge in [0.1, 0.15) is 0 Å². The van der Waals surface area contributed by atoms with Crippen molar-refractivity contribution in [2.45, 2.75) is 39.7 Å². The number of hydrogen-bond acceptors (Lipinski definition) is 3. The molecule has 1 unspecified atom stereocenters. The number of rotatable bonds is 5. The molecule has 5 nitrogen and oxygen atoms in total. The number of nitrogens with two attached hydrogens (primary N) is 1. The van der Waals surface area contributed by atoms with Crippen LogP contribution in [0.25, 0.3) is 0 Å². The number of aromatic carboxylic acids is 1. The van der Waals surface area contributed by atoms with Gasteiger partial charge in [-0.05, 0) is 30.0 Å². The highest BCUT2D eigenvalue weighted by Gasteiger charge is 2.18. The smallest absolute Gasteiger partial charge is 0.335 e. The summed E-state index contributed by atoms with van der Waals surface area (Å²) < 4.78 is 0. The third-order valence-corrected chi connectivity index (χ3v) is 2.97. The van der Waals surface area contributed by atoms with E-state index in [0.29, 0.717) is 5.69 Å². The van der Waals surface area contributed by atoms with Crippen molar-refractivity contribution < 1.29 is 14.7 Å². The molecule has 6 heteroatoms. The summed E-state index contributed by atoms with van der Waals surface area (Å²) in [4.78, 5) is 22.9. The van der Waals surface area contributed by atoms with E-state index in [1.165, 1.54) is 18.2 Å². The lowest BCUT2D eigenvalue weighted by atomic mass is 9.87. The molecule has 0 aliphatic heterocycles. The molecule has 1 aromatic rings. The molecule has 1 amide bonds. The van der Waals surface area contributed by atoms with Gasteiger partial charge >= 0.3 is 5.97 Å². The van der Waals surface area contributed by atoms with Gasteiger partial charge in [0.15, 0.2) is 0 Å². The van der Waals surface area contributed by atoms with Crippen LogP contribution in [0.4, 0.5) is 5.69 Å². The van der Waals surface area contributed by atoms with E-state index in [4.69, 9.17) is 22.4 Å². The van der Waals surface area contributed by atoms with Crippen molar-refractivity contribution >= 4 is 29.2 Å². The van der Waals surface area contributed by atoms with E-state index in [-0.39, 0.29) is 34.4 Å². The van der Waals surface area contributed by atoms with Gasteiger partial charge in [-0.3, -0.25) is 4.79 Å². The van der Waals surface area contributed by atoms with E-state index >= 15 is 0 Å². The maximum atomic E-state index is 11.9. The third-order valence-electron chi connectivity index (χ3n) is 2.75. The van der Waals surface area contributed by atoms with E-state index in [1.54, 1.807) is 0 Å². The highest BCUT2D eigenvalue weighted by Crippen LogP contribution is 2.22. The Morgan fingerprint density at radius 3 is 2.48 bits per heavy atom. The average Bonchev–Trinajstić information content (AvgIpc) is 2.24. The molecule has 1 rings (SSSR count). The Bertz CT molecular complexity index is 538. The first-order valence-electron chi connectivity index (χ1n) is 6.66. The fraction of sp³-hybridized carbons (Fsp3) is 0.467. The number of halogens is 1. The summed E-state index contributed by atoms with van der Waals surface area (Å²) in [5, 5.41) is 11.8. The first-order chi connectivity index (χ1) is 9.56. The minimum atomic E-state index is -1.10. The average molecular weight is 313 g/mol. The molecule has 0 spiro atoms. The number of nitrogens with one attached hydrogen (secondary N) is 1. The van der Waals surface area contributed by atoms with Gasteiger partial charge in [-0.25, -0.2) is 4.79 Å². The summed E-state index contributed by atoms with van der Waals surface area (Å²) in [6.07, 6.45) is 0.891. The van der Waals surface area contributed by atoms with Crippen molar-refractivity contribution in [2.24, 2.45) is 11.1 Å². The molecular weight excluding hydrogens is 292 g/mol. The van der Waals surface area contributed by atoms with Crippen LogP contribution in [0, 0.1) is 5.41 Å². The van der Waals surface area contributed by atoms with Gasteiger partial charge in [-0.2, -0.15) is 0 Å². The Morgan fingerprint density at radius 2 is 1.95 bits per heavy atom. The van der Waals surface area contributed by atoms with Crippen LogP contribution < -0.4 is 11.1 Å². The van der Waals surface area contributed by atoms with Crippen LogP contribution >= 0.6 is 11.6 Å². The molecule has 0 aliphatic rings. The molecule has 0 saturated carbocycles. The predicted molar refractivity (Wildman–Crippen MR) is 83.7 cm³/mol. The normalized spacial score (nSPS) is 12.8. The number of carboxylic acids is 1. The standard InChI is InChI=1S/C15H21ClN2O3/c1-15(2,3)8-11(17)7-13(19)18-12-5-9(14(20)21)4-10(16)6-12/h4-6,11H,7-8,17H2,1-3H3,(H,18,19)(H,20,21). The zero-order valence-corrected chi connectivity index (χ0v) is 13.2. The number of carboxylic acid groups (broad SMARTS) is 1. The molecule has 0 bridgehead atoms. The van der Waals surface area contributed by atoms with Crippen LogP contribution in [0.3, 0.4) is 0 Å². The van der Waals surface area contributed by atoms with Crippen LogP contribution in [0.5, 0.6) is 0 Å². The maximum absolute atomic E-state index is 11.9. The van der Waals surface area contributed by atoms with Crippen LogP contribution in [-0.4, -0.2) is 23.0 Å². The van der Waals surface area contributed by atoms with Crippen LogP contribution in [-0.2, 0) is 4.79 Å². The molecule has 1 atom stereocenters. The highest BCUT2D eigenvalue weighted by atomic mass is 35.5. The Hall–Kier alpha value is -1.59. The van der Waals surface area contributed by atoms with Gasteiger partial charge in [0.25, 0.3) is 0 Å². The molecule has 0 heterocycles. The van der Waals surface area contributed by atoms with Crippen molar-refractivity contribution in [3.8, 4) is 0 Å². The van der Waals surface area contributed by atoms with Gasteiger partial charge in [-0.1, -0.05) is 32.4 Å². The number of anilines is 1. The SMILES string of the molecule is CC(C)(C)CC(N)CC(=O)Nc1cc(Cl)cc(C(=O)O)c1. The second-order valence-corrected chi connectivity index (χ2v) is 6.75. The first-order valence-corrected chi connectivity index (χ1v) is 7.04. The topological polar surface area (TPSA) is 92.4 Å². The predicted octanol–water partition coefficient (Wildman–Crippen LogP) is 3.13. The summed E-state index contributed by atoms with van der Waals surface area (Å²) in [7, 11) is 0. The first kappa shape index (κ1) is 17.5. The van der Waals surface area contributed by atoms with E-state index in [9.17, 15) is 9.59 Å². The Kier molecular flexibility index (Phi) is 5.75. The maximum Gasteiger partial charge on any atom is 0.335 e. The van der Waals surface area contributed by atoms with Crippen molar-refractivity contribution in [3.63, 3.8) is 0 Å². The number of hydrogen-bond donors (Lipinski definition) is 3. The molecule has 0 saturated heterocycles. The molecular formula is C15H21ClN2O3. The van der Waals surface area contributed by atoms with Crippen molar-refractivity contribution in [3.05, 3.63) is 28.8 Å². The lowest BCUT2D eigenvalue weighted by Gasteiger charge is -2.22. The summed E-state index contributed by atoms with van der Waals surface area (Å²) in [5.41, 5.74) is 6.37. The van der Waals surface area contributed by atoms with E-state index < -0.39 is 5.97 Å². The lowest BCUT2D eigenvalue weighted by Crippen LogP contribution is -2.31. The third kappa shape index (κ3) is 6.60. The van der Waals surface area contributed by atoms with E-state index in [0.717, 1.165) is 6.42 Å². The lowest BCUT2D eigenvalue weighted by molar-refractivity contribution is -0.116. The van der Waals surface area contributed by atoms with Crippen LogP contribution in [0.1, 0.15) is 44.0 Å². The molecule has 0 radical (unpaired) electrons. The number of benzene rings is 1. The number of amides is 1. The van der Waals surface area contributed by atoms with Crippen molar-refractivity contribution in [1.29, 1.82) is 0 Å². The molecule has 21 heavy (non-hydrogen) atoms. The molecule has 0 aromatic heterocycles. The second-order valence-electron chi connectivity index (χ2n) is 6.31. The molecule has 0 aliphatic carbocycles. The summed E-state index contributed by atoms with van der Waals surface area (Å²) >= 11 is 5.83. The zero-order valence-electron chi connectivity index (χ0n) is 12.4. The van der Waals surface area contributed by atoms with Gasteiger partial charge in [-0.15, -0.1) is 0 Å². The van der Waals surface area contributed by atoms with Gasteiger partial charge < -0.3 is 16.2 Å². The fourth-order valence-electron chi connectivity index (χ4n) is 2.09. The van der Waals surface area contributed by atoms with Crippen LogP contribution in [0.15, 0.2) is 18.2 Å². The van der Waals surface area contributed by atoms with Crippen molar-refractivity contribution in [2.75, 3.05) is 5.32 Å². The quantitative estimate of drug-likeness (QED) is 0.778. The van der Waals surface area contributed by atoms with E-state index in [2.05, 4.69) is 26.1 Å². The highest BCUT2D eigenvalue weighted by molar-refractivity contribution is 6.31. The summed E-state index contributed by atoms with van der Waals surface area (Å²) in [6, 6.07) is 3.94.